The van der Waals surface area contributed by atoms with E-state index in [1.165, 1.54) is 0 Å². The molecule has 3 aromatic carbocycles. The van der Waals surface area contributed by atoms with Crippen LogP contribution < -0.4 is 5.32 Å². The fourth-order valence-corrected chi connectivity index (χ4v) is 3.87. The normalized spacial score (nSPS) is 11.6. The third kappa shape index (κ3) is 6.69. The van der Waals surface area contributed by atoms with Gasteiger partial charge in [0.2, 0.25) is 11.8 Å². The van der Waals surface area contributed by atoms with Gasteiger partial charge in [0, 0.05) is 24.5 Å². The van der Waals surface area contributed by atoms with Crippen LogP contribution in [-0.2, 0) is 29.0 Å². The number of aryl methyl sites for hydroxylation is 1. The van der Waals surface area contributed by atoms with Crippen molar-refractivity contribution < 1.29 is 9.59 Å². The molecule has 0 unspecified atom stereocenters. The predicted octanol–water partition coefficient (Wildman–Crippen LogP) is 4.97. The van der Waals surface area contributed by atoms with E-state index in [9.17, 15) is 9.59 Å². The first-order valence-electron chi connectivity index (χ1n) is 10.9. The second-order valence-electron chi connectivity index (χ2n) is 7.91. The Morgan fingerprint density at radius 3 is 2.25 bits per heavy atom. The molecule has 32 heavy (non-hydrogen) atoms. The quantitative estimate of drug-likeness (QED) is 0.502. The van der Waals surface area contributed by atoms with Gasteiger partial charge in [0.05, 0.1) is 6.42 Å². The highest BCUT2D eigenvalue weighted by Gasteiger charge is 2.30. The summed E-state index contributed by atoms with van der Waals surface area (Å²) in [5.41, 5.74) is 3.96. The topological polar surface area (TPSA) is 49.4 Å². The van der Waals surface area contributed by atoms with Gasteiger partial charge < -0.3 is 10.2 Å². The molecule has 0 radical (unpaired) electrons. The number of amides is 2. The van der Waals surface area contributed by atoms with E-state index in [4.69, 9.17) is 11.6 Å². The number of rotatable bonds is 9. The number of nitrogens with one attached hydrogen (secondary N) is 1. The van der Waals surface area contributed by atoms with Gasteiger partial charge in [0.25, 0.3) is 0 Å². The minimum atomic E-state index is -0.620. The zero-order valence-electron chi connectivity index (χ0n) is 18.6. The number of carbonyl (C=O) groups excluding carboxylic acids is 2. The summed E-state index contributed by atoms with van der Waals surface area (Å²) in [5, 5.41) is 3.50. The van der Waals surface area contributed by atoms with Crippen molar-refractivity contribution in [2.75, 3.05) is 6.54 Å². The number of halogens is 1. The maximum absolute atomic E-state index is 13.5. The second-order valence-corrected chi connectivity index (χ2v) is 8.35. The highest BCUT2D eigenvalue weighted by molar-refractivity contribution is 6.30. The molecule has 0 bridgehead atoms. The van der Waals surface area contributed by atoms with Gasteiger partial charge in [-0.05, 0) is 42.7 Å². The third-order valence-electron chi connectivity index (χ3n) is 5.34. The van der Waals surface area contributed by atoms with Gasteiger partial charge in [0.15, 0.2) is 0 Å². The zero-order chi connectivity index (χ0) is 22.9. The first-order chi connectivity index (χ1) is 15.5. The molecule has 0 heterocycles. The van der Waals surface area contributed by atoms with Crippen LogP contribution >= 0.6 is 11.6 Å². The van der Waals surface area contributed by atoms with Gasteiger partial charge in [-0.2, -0.15) is 0 Å². The highest BCUT2D eigenvalue weighted by Crippen LogP contribution is 2.18. The summed E-state index contributed by atoms with van der Waals surface area (Å²) in [7, 11) is 0. The van der Waals surface area contributed by atoms with E-state index < -0.39 is 6.04 Å². The van der Waals surface area contributed by atoms with E-state index >= 15 is 0 Å². The molecule has 1 N–H and O–H groups in total. The van der Waals surface area contributed by atoms with E-state index in [2.05, 4.69) is 5.32 Å². The van der Waals surface area contributed by atoms with Crippen molar-refractivity contribution in [2.24, 2.45) is 0 Å². The molecule has 0 aliphatic rings. The van der Waals surface area contributed by atoms with E-state index in [-0.39, 0.29) is 18.2 Å². The number of nitrogens with zero attached hydrogens (tertiary/aromatic N) is 1. The fourth-order valence-electron chi connectivity index (χ4n) is 3.66. The standard InChI is InChI=1S/C27H29ClN2O2/c1-3-29-27(32)25(17-21-8-5-4-6-9-21)30(19-22-14-12-20(2)13-15-22)26(31)18-23-10-7-11-24(28)16-23/h4-16,25H,3,17-19H2,1-2H3,(H,29,32)/t25-/m0/s1. The molecule has 0 aromatic heterocycles. The van der Waals surface area contributed by atoms with Crippen molar-refractivity contribution >= 4 is 23.4 Å². The Bertz CT molecular complexity index is 1040. The smallest absolute Gasteiger partial charge is 0.243 e. The van der Waals surface area contributed by atoms with Crippen molar-refractivity contribution in [1.29, 1.82) is 0 Å². The molecule has 4 nitrogen and oxygen atoms in total. The van der Waals surface area contributed by atoms with Crippen LogP contribution in [-0.4, -0.2) is 29.3 Å². The molecule has 0 aliphatic heterocycles. The van der Waals surface area contributed by atoms with E-state index in [1.54, 1.807) is 17.0 Å². The van der Waals surface area contributed by atoms with E-state index in [0.29, 0.717) is 24.5 Å². The number of hydrogen-bond acceptors (Lipinski definition) is 2. The molecule has 5 heteroatoms. The van der Waals surface area contributed by atoms with Gasteiger partial charge >= 0.3 is 0 Å². The first-order valence-corrected chi connectivity index (χ1v) is 11.2. The summed E-state index contributed by atoms with van der Waals surface area (Å²) in [6.07, 6.45) is 0.622. The van der Waals surface area contributed by atoms with Crippen molar-refractivity contribution in [3.05, 3.63) is 106 Å². The van der Waals surface area contributed by atoms with E-state index in [1.807, 2.05) is 80.6 Å². The van der Waals surface area contributed by atoms with Crippen LogP contribution in [0.15, 0.2) is 78.9 Å². The minimum absolute atomic E-state index is 0.111. The zero-order valence-corrected chi connectivity index (χ0v) is 19.3. The Morgan fingerprint density at radius 2 is 1.59 bits per heavy atom. The lowest BCUT2D eigenvalue weighted by atomic mass is 10.0. The molecule has 0 saturated carbocycles. The number of likely N-dealkylation sites (N-methyl/N-ethyl adjacent to an activating group) is 1. The van der Waals surface area contributed by atoms with Crippen molar-refractivity contribution in [3.8, 4) is 0 Å². The Balaban J connectivity index is 1.94. The minimum Gasteiger partial charge on any atom is -0.355 e. The predicted molar refractivity (Wildman–Crippen MR) is 130 cm³/mol. The van der Waals surface area contributed by atoms with Crippen LogP contribution in [0.2, 0.25) is 5.02 Å². The molecule has 3 rings (SSSR count). The maximum atomic E-state index is 13.5. The first kappa shape index (κ1) is 23.6. The van der Waals surface area contributed by atoms with Gasteiger partial charge in [-0.25, -0.2) is 0 Å². The summed E-state index contributed by atoms with van der Waals surface area (Å²) in [4.78, 5) is 28.4. The lowest BCUT2D eigenvalue weighted by Crippen LogP contribution is -2.50. The molecule has 166 valence electrons. The lowest BCUT2D eigenvalue weighted by molar-refractivity contribution is -0.140. The molecular formula is C27H29ClN2O2. The van der Waals surface area contributed by atoms with E-state index in [0.717, 1.165) is 22.3 Å². The number of benzene rings is 3. The SMILES string of the molecule is CCNC(=O)[C@H](Cc1ccccc1)N(Cc1ccc(C)cc1)C(=O)Cc1cccc(Cl)c1. The monoisotopic (exact) mass is 448 g/mol. The summed E-state index contributed by atoms with van der Waals surface area (Å²) in [6.45, 7) is 4.77. The summed E-state index contributed by atoms with van der Waals surface area (Å²) < 4.78 is 0. The molecule has 1 atom stereocenters. The maximum Gasteiger partial charge on any atom is 0.243 e. The second kappa shape index (κ2) is 11.5. The molecule has 0 fully saturated rings. The molecule has 2 amide bonds. The molecule has 3 aromatic rings. The Kier molecular flexibility index (Phi) is 8.46. The van der Waals surface area contributed by atoms with Crippen LogP contribution in [0, 0.1) is 6.92 Å². The third-order valence-corrected chi connectivity index (χ3v) is 5.58. The van der Waals surface area contributed by atoms with Gasteiger partial charge in [-0.15, -0.1) is 0 Å². The molecular weight excluding hydrogens is 420 g/mol. The average Bonchev–Trinajstić information content (AvgIpc) is 2.78. The highest BCUT2D eigenvalue weighted by atomic mass is 35.5. The Labute approximate surface area is 195 Å². The van der Waals surface area contributed by atoms with Gasteiger partial charge in [0.1, 0.15) is 6.04 Å². The van der Waals surface area contributed by atoms with Crippen LogP contribution in [0.3, 0.4) is 0 Å². The molecule has 0 saturated heterocycles. The fraction of sp³-hybridized carbons (Fsp3) is 0.259. The summed E-state index contributed by atoms with van der Waals surface area (Å²) >= 11 is 6.12. The van der Waals surface area contributed by atoms with Crippen LogP contribution in [0.5, 0.6) is 0 Å². The number of carbonyl (C=O) groups is 2. The average molecular weight is 449 g/mol. The molecule has 0 spiro atoms. The van der Waals surface area contributed by atoms with Crippen LogP contribution in [0.4, 0.5) is 0 Å². The number of hydrogen-bond donors (Lipinski definition) is 1. The van der Waals surface area contributed by atoms with Crippen molar-refractivity contribution in [3.63, 3.8) is 0 Å². The molecule has 0 aliphatic carbocycles. The van der Waals surface area contributed by atoms with Gasteiger partial charge in [-0.1, -0.05) is 83.9 Å². The van der Waals surface area contributed by atoms with Crippen LogP contribution in [0.25, 0.3) is 0 Å². The Hall–Kier alpha value is -3.11. The van der Waals surface area contributed by atoms with Crippen LogP contribution in [0.1, 0.15) is 29.2 Å². The Morgan fingerprint density at radius 1 is 0.906 bits per heavy atom. The summed E-state index contributed by atoms with van der Waals surface area (Å²) in [6, 6.07) is 24.5. The van der Waals surface area contributed by atoms with Gasteiger partial charge in [-0.3, -0.25) is 9.59 Å². The largest absolute Gasteiger partial charge is 0.355 e. The van der Waals surface area contributed by atoms with Crippen molar-refractivity contribution in [2.45, 2.75) is 39.3 Å². The summed E-state index contributed by atoms with van der Waals surface area (Å²) in [5.74, 6) is -0.261. The lowest BCUT2D eigenvalue weighted by Gasteiger charge is -2.31. The van der Waals surface area contributed by atoms with Crippen molar-refractivity contribution in [1.82, 2.24) is 10.2 Å².